The molecule has 3 nitrogen and oxygen atoms in total. The summed E-state index contributed by atoms with van der Waals surface area (Å²) in [7, 11) is 1.69. The van der Waals surface area contributed by atoms with Crippen LogP contribution in [0, 0.1) is 18.3 Å². The smallest absolute Gasteiger partial charge is 0.122 e. The van der Waals surface area contributed by atoms with Crippen LogP contribution in [0.2, 0.25) is 0 Å². The van der Waals surface area contributed by atoms with Crippen LogP contribution in [0.3, 0.4) is 0 Å². The summed E-state index contributed by atoms with van der Waals surface area (Å²) in [5.74, 6) is 0.896. The van der Waals surface area contributed by atoms with Crippen molar-refractivity contribution in [1.29, 1.82) is 5.26 Å². The first-order valence-electron chi connectivity index (χ1n) is 6.53. The maximum Gasteiger partial charge on any atom is 0.122 e. The molecule has 1 rings (SSSR count). The van der Waals surface area contributed by atoms with E-state index in [1.807, 2.05) is 26.0 Å². The zero-order valence-electron chi connectivity index (χ0n) is 12.8. The number of aryl methyl sites for hydroxylation is 1. The Balaban J connectivity index is 3.00. The van der Waals surface area contributed by atoms with Gasteiger partial charge in [-0.1, -0.05) is 31.5 Å². The van der Waals surface area contributed by atoms with Crippen LogP contribution in [-0.2, 0) is 5.41 Å². The number of rotatable bonds is 5. The molecule has 1 aromatic carbocycles. The van der Waals surface area contributed by atoms with Crippen LogP contribution in [0.15, 0.2) is 18.2 Å². The fourth-order valence-electron chi connectivity index (χ4n) is 1.93. The van der Waals surface area contributed by atoms with Gasteiger partial charge in [-0.25, -0.2) is 0 Å². The van der Waals surface area contributed by atoms with Crippen LogP contribution >= 0.6 is 0 Å². The van der Waals surface area contributed by atoms with E-state index >= 15 is 0 Å². The van der Waals surface area contributed by atoms with Crippen LogP contribution in [0.25, 0.3) is 0 Å². The standard InChI is InChI=1S/C16H24N2O/c1-12-7-8-14(19-6)13(9-12)15(2,3)11-18-16(4,5)10-17/h7-9,18H,11H2,1-6H3. The maximum atomic E-state index is 9.07. The van der Waals surface area contributed by atoms with Crippen molar-refractivity contribution in [3.05, 3.63) is 29.3 Å². The average molecular weight is 260 g/mol. The Morgan fingerprint density at radius 3 is 2.42 bits per heavy atom. The van der Waals surface area contributed by atoms with Crippen molar-refractivity contribution in [2.45, 2.75) is 45.6 Å². The number of nitriles is 1. The molecule has 104 valence electrons. The topological polar surface area (TPSA) is 45.0 Å². The molecule has 0 unspecified atom stereocenters. The van der Waals surface area contributed by atoms with Crippen LogP contribution < -0.4 is 10.1 Å². The minimum absolute atomic E-state index is 0.106. The summed E-state index contributed by atoms with van der Waals surface area (Å²) in [6, 6.07) is 8.46. The predicted octanol–water partition coefficient (Wildman–Crippen LogP) is 3.17. The van der Waals surface area contributed by atoms with Crippen molar-refractivity contribution in [1.82, 2.24) is 5.32 Å². The fraction of sp³-hybridized carbons (Fsp3) is 0.562. The number of methoxy groups -OCH3 is 1. The minimum Gasteiger partial charge on any atom is -0.496 e. The number of nitrogens with zero attached hydrogens (tertiary/aromatic N) is 1. The van der Waals surface area contributed by atoms with Gasteiger partial charge in [0, 0.05) is 17.5 Å². The van der Waals surface area contributed by atoms with Crippen molar-refractivity contribution >= 4 is 0 Å². The highest BCUT2D eigenvalue weighted by atomic mass is 16.5. The van der Waals surface area contributed by atoms with Crippen molar-refractivity contribution in [2.24, 2.45) is 0 Å². The second-order valence-electron chi connectivity index (χ2n) is 6.18. The number of hydrogen-bond donors (Lipinski definition) is 1. The molecule has 0 bridgehead atoms. The molecular formula is C16H24N2O. The molecule has 0 aliphatic carbocycles. The first-order valence-corrected chi connectivity index (χ1v) is 6.53. The molecule has 3 heteroatoms. The Labute approximate surface area is 116 Å². The highest BCUT2D eigenvalue weighted by Crippen LogP contribution is 2.32. The van der Waals surface area contributed by atoms with E-state index in [-0.39, 0.29) is 5.41 Å². The Morgan fingerprint density at radius 1 is 1.26 bits per heavy atom. The van der Waals surface area contributed by atoms with Gasteiger partial charge in [-0.2, -0.15) is 5.26 Å². The quantitative estimate of drug-likeness (QED) is 0.884. The summed E-state index contributed by atoms with van der Waals surface area (Å²) in [6.07, 6.45) is 0. The Bertz CT molecular complexity index is 484. The number of nitrogens with one attached hydrogen (secondary N) is 1. The molecule has 0 heterocycles. The molecule has 0 aromatic heterocycles. The second-order valence-corrected chi connectivity index (χ2v) is 6.18. The second kappa shape index (κ2) is 5.63. The zero-order chi connectivity index (χ0) is 14.7. The third kappa shape index (κ3) is 3.97. The predicted molar refractivity (Wildman–Crippen MR) is 78.5 cm³/mol. The lowest BCUT2D eigenvalue weighted by Crippen LogP contribution is -2.44. The van der Waals surface area contributed by atoms with Gasteiger partial charge < -0.3 is 4.74 Å². The largest absolute Gasteiger partial charge is 0.496 e. The molecule has 0 radical (unpaired) electrons. The normalized spacial score (nSPS) is 12.1. The van der Waals surface area contributed by atoms with Crippen LogP contribution in [-0.4, -0.2) is 19.2 Å². The van der Waals surface area contributed by atoms with E-state index in [2.05, 4.69) is 38.2 Å². The molecule has 0 fully saturated rings. The van der Waals surface area contributed by atoms with Crippen LogP contribution in [0.4, 0.5) is 0 Å². The van der Waals surface area contributed by atoms with E-state index in [4.69, 9.17) is 10.00 Å². The average Bonchev–Trinajstić information content (AvgIpc) is 2.37. The van der Waals surface area contributed by atoms with Crippen molar-refractivity contribution < 1.29 is 4.74 Å². The van der Waals surface area contributed by atoms with E-state index in [0.29, 0.717) is 6.54 Å². The SMILES string of the molecule is COc1ccc(C)cc1C(C)(C)CNC(C)(C)C#N. The fourth-order valence-corrected chi connectivity index (χ4v) is 1.93. The van der Waals surface area contributed by atoms with Crippen molar-refractivity contribution in [3.63, 3.8) is 0 Å². The maximum absolute atomic E-state index is 9.07. The first-order chi connectivity index (χ1) is 8.72. The highest BCUT2D eigenvalue weighted by Gasteiger charge is 2.27. The monoisotopic (exact) mass is 260 g/mol. The van der Waals surface area contributed by atoms with E-state index in [9.17, 15) is 0 Å². The summed E-state index contributed by atoms with van der Waals surface area (Å²) in [6.45, 7) is 10.9. The zero-order valence-corrected chi connectivity index (χ0v) is 12.8. The van der Waals surface area contributed by atoms with Gasteiger partial charge in [0.1, 0.15) is 11.3 Å². The van der Waals surface area contributed by atoms with Gasteiger partial charge in [0.15, 0.2) is 0 Å². The van der Waals surface area contributed by atoms with Gasteiger partial charge in [-0.15, -0.1) is 0 Å². The molecular weight excluding hydrogens is 236 g/mol. The highest BCUT2D eigenvalue weighted by molar-refractivity contribution is 5.42. The van der Waals surface area contributed by atoms with Gasteiger partial charge in [0.25, 0.3) is 0 Å². The van der Waals surface area contributed by atoms with E-state index in [0.717, 1.165) is 11.3 Å². The molecule has 1 aromatic rings. The van der Waals surface area contributed by atoms with Gasteiger partial charge in [0.05, 0.1) is 13.2 Å². The Kier molecular flexibility index (Phi) is 4.60. The number of benzene rings is 1. The van der Waals surface area contributed by atoms with E-state index in [1.165, 1.54) is 5.56 Å². The Hall–Kier alpha value is -1.53. The van der Waals surface area contributed by atoms with E-state index < -0.39 is 5.54 Å². The first kappa shape index (κ1) is 15.5. The van der Waals surface area contributed by atoms with E-state index in [1.54, 1.807) is 7.11 Å². The van der Waals surface area contributed by atoms with Gasteiger partial charge in [0.2, 0.25) is 0 Å². The minimum atomic E-state index is -0.520. The molecule has 1 N–H and O–H groups in total. The Morgan fingerprint density at radius 2 is 1.89 bits per heavy atom. The van der Waals surface area contributed by atoms with Gasteiger partial charge >= 0.3 is 0 Å². The van der Waals surface area contributed by atoms with Crippen LogP contribution in [0.5, 0.6) is 5.75 Å². The third-order valence-electron chi connectivity index (χ3n) is 3.34. The molecule has 0 atom stereocenters. The van der Waals surface area contributed by atoms with Gasteiger partial charge in [-0.3, -0.25) is 5.32 Å². The number of hydrogen-bond acceptors (Lipinski definition) is 3. The number of ether oxygens (including phenoxy) is 1. The molecule has 0 saturated heterocycles. The van der Waals surface area contributed by atoms with Crippen LogP contribution in [0.1, 0.15) is 38.8 Å². The summed E-state index contributed by atoms with van der Waals surface area (Å²) in [4.78, 5) is 0. The van der Waals surface area contributed by atoms with Crippen molar-refractivity contribution in [2.75, 3.05) is 13.7 Å². The lowest BCUT2D eigenvalue weighted by atomic mass is 9.82. The summed E-state index contributed by atoms with van der Waals surface area (Å²) >= 11 is 0. The molecule has 0 aliphatic heterocycles. The summed E-state index contributed by atoms with van der Waals surface area (Å²) in [5, 5.41) is 12.4. The molecule has 0 amide bonds. The molecule has 19 heavy (non-hydrogen) atoms. The third-order valence-corrected chi connectivity index (χ3v) is 3.34. The van der Waals surface area contributed by atoms with Gasteiger partial charge in [-0.05, 0) is 26.8 Å². The summed E-state index contributed by atoms with van der Waals surface area (Å²) in [5.41, 5.74) is 1.75. The van der Waals surface area contributed by atoms with Crippen molar-refractivity contribution in [3.8, 4) is 11.8 Å². The molecule has 0 aliphatic rings. The molecule has 0 saturated carbocycles. The summed E-state index contributed by atoms with van der Waals surface area (Å²) < 4.78 is 5.45. The lowest BCUT2D eigenvalue weighted by Gasteiger charge is -2.31. The molecule has 0 spiro atoms. The lowest BCUT2D eigenvalue weighted by molar-refractivity contribution is 0.366.